The Morgan fingerprint density at radius 1 is 0.691 bits per heavy atom. The molecule has 0 aromatic heterocycles. The van der Waals surface area contributed by atoms with Gasteiger partial charge in [-0.3, -0.25) is 62.5 Å². The number of allylic oxidation sites excluding steroid dienone is 3. The summed E-state index contributed by atoms with van der Waals surface area (Å²) in [4.78, 5) is 191. The van der Waals surface area contributed by atoms with Crippen LogP contribution in [0.3, 0.4) is 0 Å². The molecule has 2 saturated carbocycles. The van der Waals surface area contributed by atoms with Gasteiger partial charge in [0.05, 0.1) is 38.2 Å². The number of carbonyl (C=O) groups is 12. The molecule has 2 bridgehead atoms. The molecule has 3 heterocycles. The van der Waals surface area contributed by atoms with E-state index in [1.165, 1.54) is 54.2 Å². The van der Waals surface area contributed by atoms with Gasteiger partial charge < -0.3 is 54.6 Å². The van der Waals surface area contributed by atoms with Crippen molar-refractivity contribution in [2.24, 2.45) is 17.8 Å². The molecule has 1 spiro atoms. The minimum atomic E-state index is -5.53. The number of likely N-dealkylation sites (N-methyl/N-ethyl adjacent to an activating group) is 7. The van der Waals surface area contributed by atoms with Gasteiger partial charge in [0.25, 0.3) is 6.43 Å². The third-order valence-electron chi connectivity index (χ3n) is 22.1. The second-order valence-corrected chi connectivity index (χ2v) is 30.6. The van der Waals surface area contributed by atoms with E-state index < -0.39 is 255 Å². The largest absolute Gasteiger partial charge is 0.422 e. The van der Waals surface area contributed by atoms with Crippen molar-refractivity contribution < 1.29 is 106 Å². The molecule has 1 aromatic rings. The number of hydrogen-bond donors (Lipinski definition) is 2. The van der Waals surface area contributed by atoms with E-state index in [2.05, 4.69) is 10.6 Å². The predicted molar refractivity (Wildman–Crippen MR) is 380 cm³/mol. The number of Topliss-reactive ketones (excluding diaryl/α,β-unsaturated/α-hetero) is 1. The summed E-state index contributed by atoms with van der Waals surface area (Å²) in [5.74, 6) is -15.2. The van der Waals surface area contributed by atoms with Crippen LogP contribution in [0, 0.1) is 29.4 Å². The monoisotopic (exact) mass is 1570 g/mol. The lowest BCUT2D eigenvalue weighted by Crippen LogP contribution is -2.69. The highest BCUT2D eigenvalue weighted by Crippen LogP contribution is 2.40. The third-order valence-corrected chi connectivity index (χ3v) is 22.1. The van der Waals surface area contributed by atoms with Crippen molar-refractivity contribution in [1.82, 2.24) is 59.6 Å². The number of rotatable bonds is 14. The van der Waals surface area contributed by atoms with Gasteiger partial charge in [-0.2, -0.15) is 26.3 Å². The molecule has 0 unspecified atom stereocenters. The Balaban J connectivity index is 1.37. The van der Waals surface area contributed by atoms with E-state index in [1.54, 1.807) is 39.8 Å². The van der Waals surface area contributed by atoms with Crippen molar-refractivity contribution in [3.63, 3.8) is 0 Å². The zero-order valence-electron chi connectivity index (χ0n) is 64.4. The second kappa shape index (κ2) is 37.7. The zero-order chi connectivity index (χ0) is 81.9. The zero-order valence-corrected chi connectivity index (χ0v) is 64.4. The molecular weight excluding hydrogens is 1470 g/mol. The highest BCUT2D eigenvalue weighted by atomic mass is 19.4. The van der Waals surface area contributed by atoms with E-state index in [0.29, 0.717) is 54.0 Å². The molecule has 12 amide bonds. The van der Waals surface area contributed by atoms with Crippen LogP contribution in [-0.4, -0.2) is 289 Å². The number of imide groups is 1. The van der Waals surface area contributed by atoms with Crippen LogP contribution in [0.15, 0.2) is 47.6 Å². The number of nitrogens with zero attached hydrogens (tertiary/aromatic N) is 10. The quantitative estimate of drug-likeness (QED) is 0.142. The average molecular weight is 1570 g/mol. The molecule has 3 aliphatic carbocycles. The summed E-state index contributed by atoms with van der Waals surface area (Å²) in [6.45, 7) is 1.74. The predicted octanol–water partition coefficient (Wildman–Crippen LogP) is 6.91. The first kappa shape index (κ1) is 88.7. The van der Waals surface area contributed by atoms with Gasteiger partial charge in [-0.1, -0.05) is 76.8 Å². The Bertz CT molecular complexity index is 3650. The number of halogens is 10. The van der Waals surface area contributed by atoms with E-state index in [-0.39, 0.29) is 63.0 Å². The van der Waals surface area contributed by atoms with Crippen molar-refractivity contribution >= 4 is 70.9 Å². The topological polar surface area (TPSA) is 271 Å². The van der Waals surface area contributed by atoms with Crippen LogP contribution in [0.25, 0.3) is 0 Å². The molecule has 110 heavy (non-hydrogen) atoms. The molecule has 3 aliphatic heterocycles. The first-order chi connectivity index (χ1) is 51.4. The lowest BCUT2D eigenvalue weighted by Gasteiger charge is -2.47. The molecular formula is C75H104F10N12O13. The average Bonchev–Trinajstić information content (AvgIpc) is 1.15. The highest BCUT2D eigenvalue weighted by molar-refractivity contribution is 6.02. The van der Waals surface area contributed by atoms with Crippen LogP contribution in [0.2, 0.25) is 0 Å². The fourth-order valence-electron chi connectivity index (χ4n) is 15.3. The van der Waals surface area contributed by atoms with Crippen molar-refractivity contribution in [3.8, 4) is 0 Å². The maximum absolute atomic E-state index is 15.5. The summed E-state index contributed by atoms with van der Waals surface area (Å²) in [6, 6.07) is -11.5. The van der Waals surface area contributed by atoms with Gasteiger partial charge in [-0.25, -0.2) is 22.4 Å². The number of urea groups is 1. The molecule has 0 radical (unpaired) electrons. The molecule has 35 heteroatoms. The molecule has 6 aliphatic rings. The van der Waals surface area contributed by atoms with Gasteiger partial charge in [-0.15, -0.1) is 0 Å². The number of alkyl halides is 8. The summed E-state index contributed by atoms with van der Waals surface area (Å²) in [6.07, 6.45) is -10.9. The molecule has 7 rings (SSSR count). The summed E-state index contributed by atoms with van der Waals surface area (Å²) in [7, 11) is 10.5. The maximum atomic E-state index is 15.5. The van der Waals surface area contributed by atoms with Crippen molar-refractivity contribution in [3.05, 3.63) is 70.3 Å². The van der Waals surface area contributed by atoms with E-state index in [1.807, 2.05) is 0 Å². The van der Waals surface area contributed by atoms with Crippen LogP contribution in [0.5, 0.6) is 0 Å². The molecule has 25 nitrogen and oxygen atoms in total. The molecule has 9 atom stereocenters. The number of benzene rings is 1. The van der Waals surface area contributed by atoms with Crippen molar-refractivity contribution in [2.45, 2.75) is 210 Å². The third kappa shape index (κ3) is 21.4. The minimum Gasteiger partial charge on any atom is -0.370 e. The minimum absolute atomic E-state index is 0.0418. The fraction of sp³-hybridized carbons (Fsp3) is 0.680. The van der Waals surface area contributed by atoms with Crippen molar-refractivity contribution in [1.29, 1.82) is 0 Å². The molecule has 1 aromatic carbocycles. The van der Waals surface area contributed by atoms with Crippen LogP contribution in [0.4, 0.5) is 48.7 Å². The number of carbonyl (C=O) groups excluding carboxylic acids is 12. The van der Waals surface area contributed by atoms with Crippen LogP contribution in [0.1, 0.15) is 142 Å². The second-order valence-electron chi connectivity index (χ2n) is 30.6. The molecule has 2 N–H and O–H groups in total. The van der Waals surface area contributed by atoms with Crippen LogP contribution >= 0.6 is 0 Å². The number of nitrogens with one attached hydrogen (secondary N) is 2. The first-order valence-electron chi connectivity index (χ1n) is 37.3. The Morgan fingerprint density at radius 3 is 1.89 bits per heavy atom. The van der Waals surface area contributed by atoms with E-state index in [4.69, 9.17) is 4.74 Å². The van der Waals surface area contributed by atoms with Gasteiger partial charge in [-0.05, 0) is 126 Å². The van der Waals surface area contributed by atoms with E-state index >= 15 is 42.3 Å². The normalized spacial score (nSPS) is 26.2. The SMILES string of the molecule is CC[C@H](C)[C@@H]1NC(=O)[C@H](CC(C)C)N(C)C(=O)C[C@@H](C(=O)N(C)C)N(C)C(=O)[C@@H](C2CCCC2)N(C)C(=O)C2(CCC2)NC(=O)[C@@H]2[C@@H](OCC(F)F)CCN2C(=O)N(CCc2cc(F)c(C(F)(F)F)c(F)c2)C(=O)CN(C)C(=O)[C@H](CC2=CC=C(C(F)(F)F)CC2)N2CC/C=C\C[C@@H](C2=O)N(C)C(=O)CN(C)CC1=O. The summed E-state index contributed by atoms with van der Waals surface area (Å²) >= 11 is 0. The van der Waals surface area contributed by atoms with E-state index in [0.717, 1.165) is 53.5 Å². The molecule has 4 fully saturated rings. The fourth-order valence-corrected chi connectivity index (χ4v) is 15.3. The van der Waals surface area contributed by atoms with Gasteiger partial charge in [0.15, 0.2) is 5.78 Å². The Labute approximate surface area is 634 Å². The standard InChI is InChI=1S/C75H104F10N12O13/c1-13-44(4)62-55(98)39-89(7)40-59(100)91(9)51-22-15-14-18-31-95(69(51)106)54(37-45-23-25-48(26-24-45)74(80,81)82)68(105)90(8)41-60(101)96(32-27-46-35-49(76)61(50(77)36-46)75(83,84)85)72(109)97-33-28-56(110-42-57(78)79)64(97)66(103)87-73(29-19-30-73)71(108)94(12)63(47-20-16-17-21-47)70(107)93(11)53(67(104)88(5)6)38-58(99)92(10)52(34-43(2)3)65(102)86-62/h14-15,23,25,35-36,43-44,47,51-54,56-57,62-64H,13,16-22,24,26-34,37-42H2,1-12H3,(H,86,102)(H,87,103)/b15-14-/t44-,51-,52-,53-,54-,56-,62-,63+,64-/m0/s1. The number of fused-ring (bicyclic) bond motifs is 3. The first-order valence-corrected chi connectivity index (χ1v) is 37.3. The van der Waals surface area contributed by atoms with Gasteiger partial charge in [0.1, 0.15) is 65.6 Å². The number of hydrogen-bond acceptors (Lipinski definition) is 14. The Kier molecular flexibility index (Phi) is 30.4. The highest BCUT2D eigenvalue weighted by Gasteiger charge is 2.55. The maximum Gasteiger partial charge on any atom is 0.422 e. The molecule has 2 saturated heterocycles. The number of amides is 12. The Morgan fingerprint density at radius 2 is 1.34 bits per heavy atom. The summed E-state index contributed by atoms with van der Waals surface area (Å²) < 4.78 is 148. The van der Waals surface area contributed by atoms with Crippen LogP contribution in [-0.2, 0) is 70.1 Å². The van der Waals surface area contributed by atoms with E-state index in [9.17, 15) is 59.1 Å². The van der Waals surface area contributed by atoms with Gasteiger partial charge in [0.2, 0.25) is 59.1 Å². The van der Waals surface area contributed by atoms with Crippen molar-refractivity contribution in [2.75, 3.05) is 102 Å². The summed E-state index contributed by atoms with van der Waals surface area (Å²) in [5.41, 5.74) is -5.43. The summed E-state index contributed by atoms with van der Waals surface area (Å²) in [5, 5.41) is 5.57. The smallest absolute Gasteiger partial charge is 0.370 e. The lowest BCUT2D eigenvalue weighted by atomic mass is 9.74. The van der Waals surface area contributed by atoms with Gasteiger partial charge in [0, 0.05) is 74.5 Å². The van der Waals surface area contributed by atoms with Gasteiger partial charge >= 0.3 is 18.4 Å². The number of ether oxygens (including phenoxy) is 1. The lowest BCUT2D eigenvalue weighted by molar-refractivity contribution is -0.158. The Hall–Kier alpha value is -8.50. The van der Waals surface area contributed by atoms with Crippen LogP contribution < -0.4 is 10.6 Å². The molecule has 612 valence electrons. The number of ketones is 1.